The van der Waals surface area contributed by atoms with Gasteiger partial charge in [-0.1, -0.05) is 77.9 Å². The van der Waals surface area contributed by atoms with E-state index in [1.165, 1.54) is 11.6 Å². The van der Waals surface area contributed by atoms with Crippen molar-refractivity contribution >= 4 is 29.6 Å². The Morgan fingerprint density at radius 2 is 1.45 bits per heavy atom. The maximum atomic E-state index is 13.4. The molecule has 0 radical (unpaired) electrons. The lowest BCUT2D eigenvalue weighted by molar-refractivity contribution is -0.122. The number of barbiturate groups is 1. The molecule has 0 aromatic heterocycles. The second-order valence-corrected chi connectivity index (χ2v) is 9.54. The Hall–Kier alpha value is -5.17. The van der Waals surface area contributed by atoms with Crippen molar-refractivity contribution in [3.63, 3.8) is 0 Å². The quantitative estimate of drug-likeness (QED) is 0.218. The van der Waals surface area contributed by atoms with Gasteiger partial charge in [0, 0.05) is 5.56 Å². The van der Waals surface area contributed by atoms with Crippen molar-refractivity contribution in [1.29, 1.82) is 0 Å². The van der Waals surface area contributed by atoms with Gasteiger partial charge in [0.15, 0.2) is 0 Å². The highest BCUT2D eigenvalue weighted by atomic mass is 16.5. The fourth-order valence-electron chi connectivity index (χ4n) is 4.28. The number of hydrogen-bond acceptors (Lipinski definition) is 5. The van der Waals surface area contributed by atoms with Gasteiger partial charge in [-0.2, -0.15) is 0 Å². The summed E-state index contributed by atoms with van der Waals surface area (Å²) in [4.78, 5) is 39.7. The van der Waals surface area contributed by atoms with Gasteiger partial charge in [-0.3, -0.25) is 14.9 Å². The highest BCUT2D eigenvalue weighted by Crippen LogP contribution is 2.27. The Bertz CT molecular complexity index is 1590. The van der Waals surface area contributed by atoms with E-state index < -0.39 is 17.8 Å². The van der Waals surface area contributed by atoms with Crippen molar-refractivity contribution in [2.24, 2.45) is 0 Å². The number of hydrogen-bond donors (Lipinski definition) is 1. The molecule has 4 amide bonds. The molecule has 1 N–H and O–H groups in total. The first-order chi connectivity index (χ1) is 19.4. The van der Waals surface area contributed by atoms with E-state index in [2.05, 4.69) is 5.32 Å². The summed E-state index contributed by atoms with van der Waals surface area (Å²) in [5.41, 5.74) is 4.99. The first-order valence-corrected chi connectivity index (χ1v) is 12.8. The van der Waals surface area contributed by atoms with E-state index in [4.69, 9.17) is 9.47 Å². The smallest absolute Gasteiger partial charge is 0.335 e. The number of carbonyl (C=O) groups excluding carboxylic acids is 3. The van der Waals surface area contributed by atoms with Crippen molar-refractivity contribution in [2.75, 3.05) is 4.90 Å². The van der Waals surface area contributed by atoms with Gasteiger partial charge in [-0.05, 0) is 61.4 Å². The molecule has 7 heteroatoms. The molecular formula is C33H28N2O5. The first-order valence-electron chi connectivity index (χ1n) is 12.8. The molecule has 0 aliphatic carbocycles. The third kappa shape index (κ3) is 6.10. The third-order valence-corrected chi connectivity index (χ3v) is 6.42. The number of carbonyl (C=O) groups is 3. The number of para-hydroxylation sites is 1. The van der Waals surface area contributed by atoms with Gasteiger partial charge < -0.3 is 9.47 Å². The van der Waals surface area contributed by atoms with Gasteiger partial charge >= 0.3 is 6.03 Å². The molecule has 40 heavy (non-hydrogen) atoms. The molecule has 1 aliphatic rings. The Kier molecular flexibility index (Phi) is 7.73. The van der Waals surface area contributed by atoms with E-state index in [0.29, 0.717) is 36.0 Å². The maximum Gasteiger partial charge on any atom is 0.335 e. The summed E-state index contributed by atoms with van der Waals surface area (Å²) in [7, 11) is 0. The molecule has 1 saturated heterocycles. The van der Waals surface area contributed by atoms with Crippen LogP contribution in [0.2, 0.25) is 0 Å². The molecule has 4 aromatic carbocycles. The predicted octanol–water partition coefficient (Wildman–Crippen LogP) is 6.13. The Morgan fingerprint density at radius 3 is 2.20 bits per heavy atom. The summed E-state index contributed by atoms with van der Waals surface area (Å²) in [6, 6.07) is 28.9. The Morgan fingerprint density at radius 1 is 0.725 bits per heavy atom. The fourth-order valence-corrected chi connectivity index (χ4v) is 4.28. The van der Waals surface area contributed by atoms with Crippen LogP contribution in [0.25, 0.3) is 6.08 Å². The van der Waals surface area contributed by atoms with E-state index in [-0.39, 0.29) is 5.57 Å². The number of amides is 4. The zero-order valence-electron chi connectivity index (χ0n) is 22.2. The van der Waals surface area contributed by atoms with Crippen LogP contribution in [0.15, 0.2) is 103 Å². The standard InChI is InChI=1S/C33H28N2O5/c1-22-10-12-24(13-11-22)20-39-28-16-14-27(15-17-28)35-32(37)29(31(36)34-33(35)38)19-26-8-3-4-9-30(26)40-21-25-7-5-6-23(2)18-25/h3-19H,20-21H2,1-2H3,(H,34,36,38)/b29-19+. The lowest BCUT2D eigenvalue weighted by Crippen LogP contribution is -2.54. The third-order valence-electron chi connectivity index (χ3n) is 6.42. The fraction of sp³-hybridized carbons (Fsp3) is 0.121. The number of ether oxygens (including phenoxy) is 2. The first kappa shape index (κ1) is 26.4. The topological polar surface area (TPSA) is 84.9 Å². The average Bonchev–Trinajstić information content (AvgIpc) is 2.95. The number of urea groups is 1. The van der Waals surface area contributed by atoms with E-state index in [1.807, 2.05) is 68.4 Å². The van der Waals surface area contributed by atoms with Gasteiger partial charge in [0.25, 0.3) is 11.8 Å². The molecule has 5 rings (SSSR count). The lowest BCUT2D eigenvalue weighted by atomic mass is 10.1. The average molecular weight is 533 g/mol. The molecule has 0 bridgehead atoms. The minimum absolute atomic E-state index is 0.175. The molecule has 1 aliphatic heterocycles. The molecule has 0 unspecified atom stereocenters. The number of benzene rings is 4. The lowest BCUT2D eigenvalue weighted by Gasteiger charge is -2.26. The largest absolute Gasteiger partial charge is 0.489 e. The van der Waals surface area contributed by atoms with Crippen LogP contribution in [-0.2, 0) is 22.8 Å². The van der Waals surface area contributed by atoms with Crippen LogP contribution >= 0.6 is 0 Å². The van der Waals surface area contributed by atoms with Crippen LogP contribution in [0.1, 0.15) is 27.8 Å². The highest BCUT2D eigenvalue weighted by molar-refractivity contribution is 6.39. The van der Waals surface area contributed by atoms with Crippen molar-refractivity contribution in [3.05, 3.63) is 130 Å². The summed E-state index contributed by atoms with van der Waals surface area (Å²) in [5.74, 6) is -0.398. The van der Waals surface area contributed by atoms with Gasteiger partial charge in [-0.15, -0.1) is 0 Å². The summed E-state index contributed by atoms with van der Waals surface area (Å²) >= 11 is 0. The minimum Gasteiger partial charge on any atom is -0.489 e. The van der Waals surface area contributed by atoms with E-state index in [9.17, 15) is 14.4 Å². The van der Waals surface area contributed by atoms with Gasteiger partial charge in [0.1, 0.15) is 30.3 Å². The summed E-state index contributed by atoms with van der Waals surface area (Å²) in [6.45, 7) is 4.74. The van der Waals surface area contributed by atoms with Crippen molar-refractivity contribution in [1.82, 2.24) is 5.32 Å². The van der Waals surface area contributed by atoms with Crippen LogP contribution < -0.4 is 19.7 Å². The second-order valence-electron chi connectivity index (χ2n) is 9.54. The molecule has 0 saturated carbocycles. The number of aryl methyl sites for hydroxylation is 2. The second kappa shape index (κ2) is 11.7. The SMILES string of the molecule is Cc1ccc(COc2ccc(N3C(=O)NC(=O)/C(=C\c4ccccc4OCc4cccc(C)c4)C3=O)cc2)cc1. The molecule has 200 valence electrons. The predicted molar refractivity (Wildman–Crippen MR) is 153 cm³/mol. The van der Waals surface area contributed by atoms with Crippen molar-refractivity contribution in [2.45, 2.75) is 27.1 Å². The highest BCUT2D eigenvalue weighted by Gasteiger charge is 2.37. The zero-order valence-corrected chi connectivity index (χ0v) is 22.2. The molecule has 1 fully saturated rings. The van der Waals surface area contributed by atoms with Crippen molar-refractivity contribution in [3.8, 4) is 11.5 Å². The minimum atomic E-state index is -0.815. The molecule has 4 aromatic rings. The molecule has 7 nitrogen and oxygen atoms in total. The van der Waals surface area contributed by atoms with Crippen LogP contribution in [0.5, 0.6) is 11.5 Å². The summed E-state index contributed by atoms with van der Waals surface area (Å²) in [5, 5.41) is 2.26. The Labute approximate surface area is 232 Å². The molecular weight excluding hydrogens is 504 g/mol. The van der Waals surface area contributed by atoms with Gasteiger partial charge in [0.2, 0.25) is 0 Å². The van der Waals surface area contributed by atoms with Crippen molar-refractivity contribution < 1.29 is 23.9 Å². The van der Waals surface area contributed by atoms with Crippen LogP contribution in [0.4, 0.5) is 10.5 Å². The number of rotatable bonds is 8. The number of anilines is 1. The Balaban J connectivity index is 1.33. The summed E-state index contributed by atoms with van der Waals surface area (Å²) < 4.78 is 11.9. The zero-order chi connectivity index (χ0) is 28.1. The normalized spacial score (nSPS) is 14.3. The van der Waals surface area contributed by atoms with E-state index in [0.717, 1.165) is 21.6 Å². The number of nitrogens with one attached hydrogen (secondary N) is 1. The van der Waals surface area contributed by atoms with Gasteiger partial charge in [-0.25, -0.2) is 9.69 Å². The van der Waals surface area contributed by atoms with E-state index in [1.54, 1.807) is 42.5 Å². The van der Waals surface area contributed by atoms with Crippen LogP contribution in [0, 0.1) is 13.8 Å². The summed E-state index contributed by atoms with van der Waals surface area (Å²) in [6.07, 6.45) is 1.45. The molecule has 0 spiro atoms. The van der Waals surface area contributed by atoms with E-state index >= 15 is 0 Å². The number of nitrogens with zero attached hydrogens (tertiary/aromatic N) is 1. The molecule has 0 atom stereocenters. The van der Waals surface area contributed by atoms with Gasteiger partial charge in [0.05, 0.1) is 5.69 Å². The van der Waals surface area contributed by atoms with Crippen LogP contribution in [-0.4, -0.2) is 17.8 Å². The molecule has 1 heterocycles. The number of imide groups is 2. The monoisotopic (exact) mass is 532 g/mol. The van der Waals surface area contributed by atoms with Crippen LogP contribution in [0.3, 0.4) is 0 Å². The maximum absolute atomic E-state index is 13.4.